The molecule has 0 aliphatic rings. The zero-order valence-corrected chi connectivity index (χ0v) is 8.17. The molecule has 0 saturated carbocycles. The standard InChI is InChI=1S/C10H11ClO2/c1-8(12)7-13-10-4-2-9(6-11)3-5-10/h2-5H,6-7H2,1H3. The highest BCUT2D eigenvalue weighted by atomic mass is 35.5. The Morgan fingerprint density at radius 3 is 2.46 bits per heavy atom. The smallest absolute Gasteiger partial charge is 0.167 e. The molecule has 70 valence electrons. The van der Waals surface area contributed by atoms with Crippen molar-refractivity contribution in [3.05, 3.63) is 29.8 Å². The van der Waals surface area contributed by atoms with Crippen LogP contribution in [0.25, 0.3) is 0 Å². The van der Waals surface area contributed by atoms with Crippen LogP contribution in [0, 0.1) is 0 Å². The maximum Gasteiger partial charge on any atom is 0.167 e. The Balaban J connectivity index is 2.54. The minimum Gasteiger partial charge on any atom is -0.486 e. The molecule has 0 aliphatic heterocycles. The molecular weight excluding hydrogens is 188 g/mol. The molecular formula is C10H11ClO2. The van der Waals surface area contributed by atoms with E-state index < -0.39 is 0 Å². The van der Waals surface area contributed by atoms with E-state index in [1.54, 1.807) is 12.1 Å². The number of carbonyl (C=O) groups excluding carboxylic acids is 1. The lowest BCUT2D eigenvalue weighted by molar-refractivity contribution is -0.118. The lowest BCUT2D eigenvalue weighted by Gasteiger charge is -2.03. The topological polar surface area (TPSA) is 26.3 Å². The molecule has 13 heavy (non-hydrogen) atoms. The zero-order valence-electron chi connectivity index (χ0n) is 7.42. The average Bonchev–Trinajstić information content (AvgIpc) is 2.15. The summed E-state index contributed by atoms with van der Waals surface area (Å²) in [6, 6.07) is 7.37. The molecule has 2 nitrogen and oxygen atoms in total. The number of ether oxygens (including phenoxy) is 1. The van der Waals surface area contributed by atoms with Crippen LogP contribution in [-0.2, 0) is 10.7 Å². The fourth-order valence-corrected chi connectivity index (χ4v) is 1.04. The first kappa shape index (κ1) is 10.1. The van der Waals surface area contributed by atoms with E-state index in [4.69, 9.17) is 16.3 Å². The molecule has 0 saturated heterocycles. The van der Waals surface area contributed by atoms with E-state index in [-0.39, 0.29) is 12.4 Å². The Bertz CT molecular complexity index is 279. The van der Waals surface area contributed by atoms with Gasteiger partial charge in [0.1, 0.15) is 12.4 Å². The molecule has 1 aromatic rings. The number of hydrogen-bond donors (Lipinski definition) is 0. The van der Waals surface area contributed by atoms with E-state index in [2.05, 4.69) is 0 Å². The van der Waals surface area contributed by atoms with Crippen LogP contribution < -0.4 is 4.74 Å². The summed E-state index contributed by atoms with van der Waals surface area (Å²) in [5.41, 5.74) is 1.04. The summed E-state index contributed by atoms with van der Waals surface area (Å²) < 4.78 is 5.17. The van der Waals surface area contributed by atoms with Gasteiger partial charge in [0.25, 0.3) is 0 Å². The van der Waals surface area contributed by atoms with Gasteiger partial charge >= 0.3 is 0 Å². The van der Waals surface area contributed by atoms with Crippen molar-refractivity contribution in [2.75, 3.05) is 6.61 Å². The van der Waals surface area contributed by atoms with Crippen LogP contribution >= 0.6 is 11.6 Å². The van der Waals surface area contributed by atoms with E-state index in [1.165, 1.54) is 6.92 Å². The van der Waals surface area contributed by atoms with Gasteiger partial charge in [-0.25, -0.2) is 0 Å². The number of benzene rings is 1. The van der Waals surface area contributed by atoms with Gasteiger partial charge in [0.2, 0.25) is 0 Å². The second-order valence-electron chi connectivity index (χ2n) is 2.77. The molecule has 3 heteroatoms. The summed E-state index contributed by atoms with van der Waals surface area (Å²) >= 11 is 5.61. The van der Waals surface area contributed by atoms with E-state index >= 15 is 0 Å². The van der Waals surface area contributed by atoms with Crippen LogP contribution in [0.5, 0.6) is 5.75 Å². The van der Waals surface area contributed by atoms with Crippen LogP contribution in [0.2, 0.25) is 0 Å². The number of alkyl halides is 1. The second-order valence-corrected chi connectivity index (χ2v) is 3.04. The van der Waals surface area contributed by atoms with Crippen molar-refractivity contribution < 1.29 is 9.53 Å². The Morgan fingerprint density at radius 1 is 1.38 bits per heavy atom. The highest BCUT2D eigenvalue weighted by molar-refractivity contribution is 6.17. The summed E-state index contributed by atoms with van der Waals surface area (Å²) in [5, 5.41) is 0. The molecule has 0 bridgehead atoms. The van der Waals surface area contributed by atoms with E-state index in [9.17, 15) is 4.79 Å². The Labute approximate surface area is 82.5 Å². The lowest BCUT2D eigenvalue weighted by Crippen LogP contribution is -2.06. The molecule has 0 amide bonds. The van der Waals surface area contributed by atoms with Gasteiger partial charge in [0.15, 0.2) is 5.78 Å². The fraction of sp³-hybridized carbons (Fsp3) is 0.300. The molecule has 1 rings (SSSR count). The molecule has 0 heterocycles. The Hall–Kier alpha value is -1.02. The van der Waals surface area contributed by atoms with Crippen molar-refractivity contribution in [1.29, 1.82) is 0 Å². The van der Waals surface area contributed by atoms with Gasteiger partial charge in [0, 0.05) is 5.88 Å². The van der Waals surface area contributed by atoms with Gasteiger partial charge in [-0.15, -0.1) is 11.6 Å². The maximum atomic E-state index is 10.6. The van der Waals surface area contributed by atoms with E-state index in [1.807, 2.05) is 12.1 Å². The summed E-state index contributed by atoms with van der Waals surface area (Å²) in [5.74, 6) is 1.21. The number of ketones is 1. The van der Waals surface area contributed by atoms with Gasteiger partial charge in [-0.05, 0) is 24.6 Å². The third kappa shape index (κ3) is 3.47. The summed E-state index contributed by atoms with van der Waals surface area (Å²) in [6.45, 7) is 1.62. The highest BCUT2D eigenvalue weighted by Crippen LogP contribution is 2.13. The summed E-state index contributed by atoms with van der Waals surface area (Å²) in [4.78, 5) is 10.6. The quantitative estimate of drug-likeness (QED) is 0.695. The normalized spacial score (nSPS) is 9.69. The molecule has 0 unspecified atom stereocenters. The van der Waals surface area contributed by atoms with Crippen molar-refractivity contribution in [1.82, 2.24) is 0 Å². The first-order chi connectivity index (χ1) is 6.22. The van der Waals surface area contributed by atoms with Crippen LogP contribution in [0.3, 0.4) is 0 Å². The molecule has 0 spiro atoms. The first-order valence-corrected chi connectivity index (χ1v) is 4.53. The van der Waals surface area contributed by atoms with Crippen molar-refractivity contribution >= 4 is 17.4 Å². The first-order valence-electron chi connectivity index (χ1n) is 3.99. The van der Waals surface area contributed by atoms with Crippen molar-refractivity contribution in [3.8, 4) is 5.75 Å². The van der Waals surface area contributed by atoms with Crippen LogP contribution in [0.15, 0.2) is 24.3 Å². The molecule has 0 N–H and O–H groups in total. The van der Waals surface area contributed by atoms with Gasteiger partial charge in [-0.1, -0.05) is 12.1 Å². The predicted molar refractivity (Wildman–Crippen MR) is 52.2 cm³/mol. The lowest BCUT2D eigenvalue weighted by atomic mass is 10.2. The SMILES string of the molecule is CC(=O)COc1ccc(CCl)cc1. The van der Waals surface area contributed by atoms with Crippen LogP contribution in [-0.4, -0.2) is 12.4 Å². The minimum absolute atomic E-state index is 0.0152. The van der Waals surface area contributed by atoms with Crippen LogP contribution in [0.4, 0.5) is 0 Å². The second kappa shape index (κ2) is 4.87. The van der Waals surface area contributed by atoms with Crippen molar-refractivity contribution in [2.24, 2.45) is 0 Å². The third-order valence-corrected chi connectivity index (χ3v) is 1.83. The van der Waals surface area contributed by atoms with Crippen molar-refractivity contribution in [2.45, 2.75) is 12.8 Å². The van der Waals surface area contributed by atoms with E-state index in [0.29, 0.717) is 11.6 Å². The molecule has 0 aromatic heterocycles. The van der Waals surface area contributed by atoms with Gasteiger partial charge in [-0.2, -0.15) is 0 Å². The number of carbonyl (C=O) groups is 1. The number of halogens is 1. The average molecular weight is 199 g/mol. The molecule has 0 fully saturated rings. The van der Waals surface area contributed by atoms with Gasteiger partial charge < -0.3 is 4.74 Å². The van der Waals surface area contributed by atoms with E-state index in [0.717, 1.165) is 5.56 Å². The third-order valence-electron chi connectivity index (χ3n) is 1.52. The number of hydrogen-bond acceptors (Lipinski definition) is 2. The largest absolute Gasteiger partial charge is 0.486 e. The molecule has 0 atom stereocenters. The summed E-state index contributed by atoms with van der Waals surface area (Å²) in [6.07, 6.45) is 0. The molecule has 0 radical (unpaired) electrons. The number of Topliss-reactive ketones (excluding diaryl/α,β-unsaturated/α-hetero) is 1. The van der Waals surface area contributed by atoms with Gasteiger partial charge in [-0.3, -0.25) is 4.79 Å². The fourth-order valence-electron chi connectivity index (χ4n) is 0.860. The highest BCUT2D eigenvalue weighted by Gasteiger charge is 1.96. The Kier molecular flexibility index (Phi) is 3.77. The maximum absolute atomic E-state index is 10.6. The molecule has 0 aliphatic carbocycles. The molecule has 1 aromatic carbocycles. The monoisotopic (exact) mass is 198 g/mol. The van der Waals surface area contributed by atoms with Crippen LogP contribution in [0.1, 0.15) is 12.5 Å². The number of rotatable bonds is 4. The summed E-state index contributed by atoms with van der Waals surface area (Å²) in [7, 11) is 0. The minimum atomic E-state index is 0.0152. The Morgan fingerprint density at radius 2 is 2.00 bits per heavy atom. The van der Waals surface area contributed by atoms with Crippen molar-refractivity contribution in [3.63, 3.8) is 0 Å². The van der Waals surface area contributed by atoms with Gasteiger partial charge in [0.05, 0.1) is 0 Å². The zero-order chi connectivity index (χ0) is 9.68. The predicted octanol–water partition coefficient (Wildman–Crippen LogP) is 2.39.